The zero-order chi connectivity index (χ0) is 15.4. The number of ether oxygens (including phenoxy) is 2. The quantitative estimate of drug-likeness (QED) is 0.751. The van der Waals surface area contributed by atoms with Crippen molar-refractivity contribution in [1.82, 2.24) is 0 Å². The summed E-state index contributed by atoms with van der Waals surface area (Å²) in [7, 11) is 0. The van der Waals surface area contributed by atoms with Crippen molar-refractivity contribution in [3.8, 4) is 0 Å². The molecular formula is C16H21F3O2. The zero-order valence-electron chi connectivity index (χ0n) is 12.4. The van der Waals surface area contributed by atoms with E-state index in [1.54, 1.807) is 0 Å². The molecule has 2 unspecified atom stereocenters. The lowest BCUT2D eigenvalue weighted by molar-refractivity contribution is -0.203. The second kappa shape index (κ2) is 7.27. The maximum absolute atomic E-state index is 13.2. The van der Waals surface area contributed by atoms with Gasteiger partial charge in [-0.1, -0.05) is 13.8 Å². The van der Waals surface area contributed by atoms with Crippen LogP contribution in [0.4, 0.5) is 13.2 Å². The van der Waals surface area contributed by atoms with Gasteiger partial charge in [0.25, 0.3) is 0 Å². The predicted octanol–water partition coefficient (Wildman–Crippen LogP) is 4.39. The summed E-state index contributed by atoms with van der Waals surface area (Å²) in [5.41, 5.74) is 0.476. The van der Waals surface area contributed by atoms with Gasteiger partial charge in [-0.05, 0) is 42.9 Å². The summed E-state index contributed by atoms with van der Waals surface area (Å²) < 4.78 is 50.5. The minimum atomic E-state index is -1.41. The van der Waals surface area contributed by atoms with Gasteiger partial charge in [0.1, 0.15) is 0 Å². The first-order valence-electron chi connectivity index (χ1n) is 7.36. The third kappa shape index (κ3) is 4.20. The Kier molecular flexibility index (Phi) is 5.65. The highest BCUT2D eigenvalue weighted by molar-refractivity contribution is 5.22. The molecule has 1 aliphatic heterocycles. The van der Waals surface area contributed by atoms with Crippen LogP contribution in [0.15, 0.2) is 12.1 Å². The molecule has 1 aromatic carbocycles. The average molecular weight is 302 g/mol. The molecule has 2 atom stereocenters. The SMILES string of the molecule is CC(CCC(C)C1OCCCO1)c1cc(F)c(F)c(F)c1. The maximum atomic E-state index is 13.2. The van der Waals surface area contributed by atoms with Crippen LogP contribution in [0.1, 0.15) is 44.6 Å². The summed E-state index contributed by atoms with van der Waals surface area (Å²) in [6.07, 6.45) is 2.25. The summed E-state index contributed by atoms with van der Waals surface area (Å²) >= 11 is 0. The van der Waals surface area contributed by atoms with Crippen molar-refractivity contribution in [2.45, 2.75) is 45.3 Å². The Balaban J connectivity index is 1.90. The fourth-order valence-electron chi connectivity index (χ4n) is 2.51. The molecule has 5 heteroatoms. The molecule has 2 nitrogen and oxygen atoms in total. The van der Waals surface area contributed by atoms with Crippen LogP contribution in [0.25, 0.3) is 0 Å². The number of hydrogen-bond donors (Lipinski definition) is 0. The van der Waals surface area contributed by atoms with Gasteiger partial charge in [-0.25, -0.2) is 13.2 Å². The second-order valence-electron chi connectivity index (χ2n) is 5.72. The summed E-state index contributed by atoms with van der Waals surface area (Å²) in [5, 5.41) is 0. The molecule has 0 spiro atoms. The first-order valence-corrected chi connectivity index (χ1v) is 7.36. The van der Waals surface area contributed by atoms with Crippen LogP contribution in [-0.4, -0.2) is 19.5 Å². The van der Waals surface area contributed by atoms with Crippen LogP contribution in [0.3, 0.4) is 0 Å². The van der Waals surface area contributed by atoms with Crippen LogP contribution < -0.4 is 0 Å². The Morgan fingerprint density at radius 1 is 1.05 bits per heavy atom. The van der Waals surface area contributed by atoms with Crippen molar-refractivity contribution in [2.75, 3.05) is 13.2 Å². The van der Waals surface area contributed by atoms with E-state index in [-0.39, 0.29) is 18.1 Å². The fraction of sp³-hybridized carbons (Fsp3) is 0.625. The highest BCUT2D eigenvalue weighted by atomic mass is 19.2. The highest BCUT2D eigenvalue weighted by Gasteiger charge is 2.22. The Morgan fingerprint density at radius 3 is 2.19 bits per heavy atom. The van der Waals surface area contributed by atoms with Crippen LogP contribution in [0, 0.1) is 23.4 Å². The van der Waals surface area contributed by atoms with Crippen molar-refractivity contribution < 1.29 is 22.6 Å². The van der Waals surface area contributed by atoms with E-state index in [2.05, 4.69) is 0 Å². The molecule has 0 saturated carbocycles. The van der Waals surface area contributed by atoms with Gasteiger partial charge in [-0.3, -0.25) is 0 Å². The lowest BCUT2D eigenvalue weighted by Crippen LogP contribution is -2.30. The monoisotopic (exact) mass is 302 g/mol. The zero-order valence-corrected chi connectivity index (χ0v) is 12.4. The van der Waals surface area contributed by atoms with Gasteiger partial charge in [0, 0.05) is 5.92 Å². The molecule has 1 fully saturated rings. The topological polar surface area (TPSA) is 18.5 Å². The summed E-state index contributed by atoms with van der Waals surface area (Å²) in [6, 6.07) is 2.14. The molecule has 1 aromatic rings. The highest BCUT2D eigenvalue weighted by Crippen LogP contribution is 2.28. The number of halogens is 3. The van der Waals surface area contributed by atoms with E-state index < -0.39 is 17.5 Å². The van der Waals surface area contributed by atoms with Crippen LogP contribution in [0.2, 0.25) is 0 Å². The average Bonchev–Trinajstić information content (AvgIpc) is 2.50. The Hall–Kier alpha value is -1.07. The molecule has 0 N–H and O–H groups in total. The van der Waals surface area contributed by atoms with Crippen molar-refractivity contribution in [1.29, 1.82) is 0 Å². The van der Waals surface area contributed by atoms with E-state index in [0.717, 1.165) is 31.4 Å². The molecule has 21 heavy (non-hydrogen) atoms. The van der Waals surface area contributed by atoms with E-state index in [9.17, 15) is 13.2 Å². The maximum Gasteiger partial charge on any atom is 0.194 e. The van der Waals surface area contributed by atoms with Gasteiger partial charge < -0.3 is 9.47 Å². The minimum absolute atomic E-state index is 0.0550. The van der Waals surface area contributed by atoms with Gasteiger partial charge >= 0.3 is 0 Å². The third-order valence-electron chi connectivity index (χ3n) is 3.95. The molecule has 1 saturated heterocycles. The molecular weight excluding hydrogens is 281 g/mol. The molecule has 0 amide bonds. The third-order valence-corrected chi connectivity index (χ3v) is 3.95. The molecule has 0 radical (unpaired) electrons. The van der Waals surface area contributed by atoms with E-state index >= 15 is 0 Å². The van der Waals surface area contributed by atoms with E-state index in [0.29, 0.717) is 18.8 Å². The van der Waals surface area contributed by atoms with Crippen molar-refractivity contribution in [3.63, 3.8) is 0 Å². The molecule has 0 bridgehead atoms. The molecule has 2 rings (SSSR count). The largest absolute Gasteiger partial charge is 0.352 e. The molecule has 1 aliphatic rings. The standard InChI is InChI=1S/C16H21F3O2/c1-10(12-8-13(17)15(19)14(18)9-12)4-5-11(2)16-20-6-3-7-21-16/h8-11,16H,3-7H2,1-2H3. The van der Waals surface area contributed by atoms with Gasteiger partial charge in [-0.15, -0.1) is 0 Å². The lowest BCUT2D eigenvalue weighted by Gasteiger charge is -2.29. The molecule has 0 aromatic heterocycles. The normalized spacial score (nSPS) is 19.5. The summed E-state index contributed by atoms with van der Waals surface area (Å²) in [4.78, 5) is 0. The summed E-state index contributed by atoms with van der Waals surface area (Å²) in [6.45, 7) is 5.33. The van der Waals surface area contributed by atoms with E-state index in [4.69, 9.17) is 9.47 Å². The predicted molar refractivity (Wildman–Crippen MR) is 73.4 cm³/mol. The van der Waals surface area contributed by atoms with Crippen molar-refractivity contribution in [3.05, 3.63) is 35.1 Å². The molecule has 0 aliphatic carbocycles. The number of rotatable bonds is 5. The molecule has 118 valence electrons. The Labute approximate surface area is 123 Å². The van der Waals surface area contributed by atoms with Gasteiger partial charge in [0.15, 0.2) is 23.7 Å². The first-order chi connectivity index (χ1) is 9.99. The number of benzene rings is 1. The number of hydrogen-bond acceptors (Lipinski definition) is 2. The fourth-order valence-corrected chi connectivity index (χ4v) is 2.51. The second-order valence-corrected chi connectivity index (χ2v) is 5.72. The summed E-state index contributed by atoms with van der Waals surface area (Å²) in [5.74, 6) is -3.53. The van der Waals surface area contributed by atoms with Crippen molar-refractivity contribution >= 4 is 0 Å². The van der Waals surface area contributed by atoms with Crippen LogP contribution in [-0.2, 0) is 9.47 Å². The smallest absolute Gasteiger partial charge is 0.194 e. The van der Waals surface area contributed by atoms with Crippen molar-refractivity contribution in [2.24, 2.45) is 5.92 Å². The van der Waals surface area contributed by atoms with Crippen LogP contribution >= 0.6 is 0 Å². The van der Waals surface area contributed by atoms with Crippen LogP contribution in [0.5, 0.6) is 0 Å². The van der Waals surface area contributed by atoms with Gasteiger partial charge in [-0.2, -0.15) is 0 Å². The Morgan fingerprint density at radius 2 is 1.62 bits per heavy atom. The van der Waals surface area contributed by atoms with E-state index in [1.807, 2.05) is 13.8 Å². The Bertz CT molecular complexity index is 450. The van der Waals surface area contributed by atoms with Gasteiger partial charge in [0.2, 0.25) is 0 Å². The molecule has 1 heterocycles. The van der Waals surface area contributed by atoms with Gasteiger partial charge in [0.05, 0.1) is 13.2 Å². The first kappa shape index (κ1) is 16.3. The van der Waals surface area contributed by atoms with E-state index in [1.165, 1.54) is 0 Å². The minimum Gasteiger partial charge on any atom is -0.352 e. The lowest BCUT2D eigenvalue weighted by atomic mass is 9.92.